The van der Waals surface area contributed by atoms with E-state index >= 15 is 0 Å². The molecule has 0 aliphatic rings. The van der Waals surface area contributed by atoms with E-state index in [0.717, 1.165) is 21.5 Å². The molecule has 204 valence electrons. The standard InChI is InChI=1S/C28H23N7O2S.CO2/c1-16(32-27(36)23-25(29)33-34-13-7-12-30-26(23)34)21-14-18-8-6-11-20(24-17(2)31-15-38-24)22(18)28(37)35(21)19-9-4-3-5-10-19;2-1-3/h3-16H,1-2H3,(H2,29,33)(H,32,36);/t16-;/m0./s1. The number of aryl methyl sites for hydroxylation is 1. The topological polar surface area (TPSA) is 154 Å². The number of aromatic nitrogens is 5. The lowest BCUT2D eigenvalue weighted by Gasteiger charge is -2.21. The molecule has 41 heavy (non-hydrogen) atoms. The summed E-state index contributed by atoms with van der Waals surface area (Å²) in [6, 6.07) is 18.3. The number of nitrogens with one attached hydrogen (secondary N) is 1. The van der Waals surface area contributed by atoms with Gasteiger partial charge in [-0.05, 0) is 43.5 Å². The Labute approximate surface area is 236 Å². The zero-order chi connectivity index (χ0) is 29.1. The van der Waals surface area contributed by atoms with Gasteiger partial charge in [0.1, 0.15) is 5.56 Å². The van der Waals surface area contributed by atoms with Gasteiger partial charge in [-0.2, -0.15) is 9.59 Å². The SMILES string of the molecule is Cc1ncsc1-c1cccc2cc([C@H](C)NC(=O)c3c(N)nn4cccnc34)n(-c3ccccc3)c(=O)c12.O=C=O. The molecule has 0 spiro atoms. The Balaban J connectivity index is 0.00000108. The van der Waals surface area contributed by atoms with Gasteiger partial charge >= 0.3 is 6.15 Å². The summed E-state index contributed by atoms with van der Waals surface area (Å²) < 4.78 is 3.12. The zero-order valence-electron chi connectivity index (χ0n) is 21.9. The fourth-order valence-electron chi connectivity index (χ4n) is 4.76. The third kappa shape index (κ3) is 5.00. The summed E-state index contributed by atoms with van der Waals surface area (Å²) in [6.45, 7) is 3.78. The van der Waals surface area contributed by atoms with Crippen molar-refractivity contribution in [1.29, 1.82) is 0 Å². The third-order valence-electron chi connectivity index (χ3n) is 6.52. The van der Waals surface area contributed by atoms with Crippen molar-refractivity contribution in [2.45, 2.75) is 19.9 Å². The minimum atomic E-state index is -0.549. The highest BCUT2D eigenvalue weighted by molar-refractivity contribution is 7.13. The van der Waals surface area contributed by atoms with Crippen molar-refractivity contribution in [1.82, 2.24) is 29.5 Å². The van der Waals surface area contributed by atoms with Crippen molar-refractivity contribution in [2.24, 2.45) is 0 Å². The summed E-state index contributed by atoms with van der Waals surface area (Å²) in [7, 11) is 0. The van der Waals surface area contributed by atoms with Crippen LogP contribution in [0.3, 0.4) is 0 Å². The number of anilines is 1. The van der Waals surface area contributed by atoms with Crippen LogP contribution in [-0.4, -0.2) is 36.2 Å². The van der Waals surface area contributed by atoms with Crippen LogP contribution in [0.25, 0.3) is 32.5 Å². The van der Waals surface area contributed by atoms with Crippen LogP contribution in [0, 0.1) is 6.92 Å². The van der Waals surface area contributed by atoms with Gasteiger partial charge in [-0.1, -0.05) is 36.4 Å². The summed E-state index contributed by atoms with van der Waals surface area (Å²) in [6.07, 6.45) is 3.51. The first-order valence-corrected chi connectivity index (χ1v) is 13.3. The predicted molar refractivity (Wildman–Crippen MR) is 154 cm³/mol. The highest BCUT2D eigenvalue weighted by atomic mass is 32.1. The maximum absolute atomic E-state index is 14.2. The number of nitrogens with zero attached hydrogens (tertiary/aromatic N) is 5. The zero-order valence-corrected chi connectivity index (χ0v) is 22.8. The first kappa shape index (κ1) is 27.1. The van der Waals surface area contributed by atoms with Crippen LogP contribution >= 0.6 is 11.3 Å². The first-order valence-electron chi connectivity index (χ1n) is 12.4. The van der Waals surface area contributed by atoms with Crippen LogP contribution in [0.5, 0.6) is 0 Å². The smallest absolute Gasteiger partial charge is 0.373 e. The third-order valence-corrected chi connectivity index (χ3v) is 7.48. The molecule has 0 bridgehead atoms. The number of nitrogens with two attached hydrogens (primary N) is 1. The van der Waals surface area contributed by atoms with Gasteiger partial charge in [-0.15, -0.1) is 16.4 Å². The number of benzene rings is 2. The molecular formula is C29H23N7O4S. The second-order valence-electron chi connectivity index (χ2n) is 9.01. The quantitative estimate of drug-likeness (QED) is 0.318. The van der Waals surface area contributed by atoms with E-state index in [1.165, 1.54) is 15.9 Å². The molecule has 6 aromatic rings. The average molecular weight is 566 g/mol. The van der Waals surface area contributed by atoms with E-state index in [1.807, 2.05) is 68.4 Å². The Bertz CT molecular complexity index is 1990. The molecule has 11 nitrogen and oxygen atoms in total. The molecule has 0 radical (unpaired) electrons. The second kappa shape index (κ2) is 11.3. The Morgan fingerprint density at radius 3 is 2.54 bits per heavy atom. The predicted octanol–water partition coefficient (Wildman–Crippen LogP) is 3.96. The average Bonchev–Trinajstić information content (AvgIpc) is 3.55. The monoisotopic (exact) mass is 565 g/mol. The van der Waals surface area contributed by atoms with Crippen LogP contribution in [0.4, 0.5) is 5.82 Å². The second-order valence-corrected chi connectivity index (χ2v) is 9.86. The van der Waals surface area contributed by atoms with E-state index in [9.17, 15) is 9.59 Å². The summed E-state index contributed by atoms with van der Waals surface area (Å²) in [5.41, 5.74) is 11.3. The Morgan fingerprint density at radius 1 is 1.07 bits per heavy atom. The molecule has 0 aliphatic heterocycles. The minimum Gasteiger partial charge on any atom is -0.381 e. The fraction of sp³-hybridized carbons (Fsp3) is 0.103. The number of pyridine rings is 1. The Kier molecular flexibility index (Phi) is 7.51. The van der Waals surface area contributed by atoms with Crippen LogP contribution in [0.1, 0.15) is 34.7 Å². The number of amides is 1. The number of thiazole rings is 1. The summed E-state index contributed by atoms with van der Waals surface area (Å²) in [4.78, 5) is 53.5. The van der Waals surface area contributed by atoms with Gasteiger partial charge in [0.15, 0.2) is 11.5 Å². The number of fused-ring (bicyclic) bond motifs is 2. The molecule has 0 aliphatic carbocycles. The van der Waals surface area contributed by atoms with Crippen LogP contribution < -0.4 is 16.6 Å². The largest absolute Gasteiger partial charge is 0.381 e. The van der Waals surface area contributed by atoms with Crippen LogP contribution in [0.15, 0.2) is 83.4 Å². The molecule has 2 aromatic carbocycles. The van der Waals surface area contributed by atoms with Gasteiger partial charge in [0, 0.05) is 29.3 Å². The van der Waals surface area contributed by atoms with E-state index in [1.54, 1.807) is 28.5 Å². The number of rotatable bonds is 5. The first-order chi connectivity index (χ1) is 19.8. The van der Waals surface area contributed by atoms with Crippen molar-refractivity contribution in [3.8, 4) is 16.1 Å². The number of nitrogen functional groups attached to an aromatic ring is 1. The highest BCUT2D eigenvalue weighted by Crippen LogP contribution is 2.33. The maximum atomic E-state index is 14.2. The van der Waals surface area contributed by atoms with Gasteiger partial charge in [0.2, 0.25) is 0 Å². The molecule has 0 unspecified atom stereocenters. The number of hydrogen-bond acceptors (Lipinski definition) is 9. The van der Waals surface area contributed by atoms with Crippen LogP contribution in [0.2, 0.25) is 0 Å². The van der Waals surface area contributed by atoms with E-state index in [0.29, 0.717) is 22.4 Å². The lowest BCUT2D eigenvalue weighted by molar-refractivity contribution is -0.191. The molecule has 0 saturated carbocycles. The van der Waals surface area contributed by atoms with Crippen molar-refractivity contribution < 1.29 is 14.4 Å². The molecule has 0 fully saturated rings. The summed E-state index contributed by atoms with van der Waals surface area (Å²) in [5, 5.41) is 8.57. The molecular weight excluding hydrogens is 542 g/mol. The molecule has 12 heteroatoms. The number of para-hydroxylation sites is 1. The minimum absolute atomic E-state index is 0.0805. The molecule has 3 N–H and O–H groups in total. The maximum Gasteiger partial charge on any atom is 0.373 e. The van der Waals surface area contributed by atoms with E-state index < -0.39 is 11.9 Å². The van der Waals surface area contributed by atoms with Crippen molar-refractivity contribution in [3.05, 3.63) is 106 Å². The summed E-state index contributed by atoms with van der Waals surface area (Å²) >= 11 is 1.51. The number of hydrogen-bond donors (Lipinski definition) is 2. The number of carbonyl (C=O) groups is 1. The number of carbonyl (C=O) groups excluding carboxylic acids is 3. The summed E-state index contributed by atoms with van der Waals surface area (Å²) in [5.74, 6) is -0.346. The lowest BCUT2D eigenvalue weighted by Crippen LogP contribution is -2.32. The van der Waals surface area contributed by atoms with E-state index in [4.69, 9.17) is 15.3 Å². The normalized spacial score (nSPS) is 11.5. The fourth-order valence-corrected chi connectivity index (χ4v) is 5.59. The van der Waals surface area contributed by atoms with Gasteiger partial charge in [-0.25, -0.2) is 14.5 Å². The molecule has 0 saturated heterocycles. The van der Waals surface area contributed by atoms with Crippen molar-refractivity contribution in [3.63, 3.8) is 0 Å². The van der Waals surface area contributed by atoms with Crippen LogP contribution in [-0.2, 0) is 9.59 Å². The lowest BCUT2D eigenvalue weighted by atomic mass is 10.0. The highest BCUT2D eigenvalue weighted by Gasteiger charge is 2.24. The molecule has 1 amide bonds. The van der Waals surface area contributed by atoms with E-state index in [2.05, 4.69) is 20.4 Å². The van der Waals surface area contributed by atoms with Gasteiger partial charge in [0.05, 0.1) is 27.5 Å². The molecule has 4 aromatic heterocycles. The molecule has 1 atom stereocenters. The Hall–Kier alpha value is -5.45. The van der Waals surface area contributed by atoms with Gasteiger partial charge in [-0.3, -0.25) is 14.2 Å². The van der Waals surface area contributed by atoms with Gasteiger partial charge in [0.25, 0.3) is 11.5 Å². The van der Waals surface area contributed by atoms with E-state index in [-0.39, 0.29) is 23.1 Å². The van der Waals surface area contributed by atoms with Crippen molar-refractivity contribution >= 4 is 45.6 Å². The Morgan fingerprint density at radius 2 is 1.83 bits per heavy atom. The molecule has 4 heterocycles. The van der Waals surface area contributed by atoms with Gasteiger partial charge < -0.3 is 11.1 Å². The molecule has 6 rings (SSSR count). The van der Waals surface area contributed by atoms with Crippen molar-refractivity contribution in [2.75, 3.05) is 5.73 Å².